The fourth-order valence-corrected chi connectivity index (χ4v) is 3.57. The van der Waals surface area contributed by atoms with Crippen LogP contribution in [0.5, 0.6) is 0 Å². The van der Waals surface area contributed by atoms with Crippen LogP contribution >= 0.6 is 0 Å². The Morgan fingerprint density at radius 3 is 2.11 bits per heavy atom. The Morgan fingerprint density at radius 1 is 1.04 bits per heavy atom. The largest absolute Gasteiger partial charge is 0.444 e. The molecule has 0 bridgehead atoms. The van der Waals surface area contributed by atoms with Crippen LogP contribution in [-0.4, -0.2) is 53.6 Å². The highest BCUT2D eigenvalue weighted by atomic mass is 16.6. The van der Waals surface area contributed by atoms with Gasteiger partial charge < -0.3 is 9.64 Å². The molecule has 1 saturated carbocycles. The molecule has 27 heavy (non-hydrogen) atoms. The van der Waals surface area contributed by atoms with Crippen molar-refractivity contribution in [3.05, 3.63) is 0 Å². The average Bonchev–Trinajstić information content (AvgIpc) is 3.09. The van der Waals surface area contributed by atoms with E-state index in [2.05, 4.69) is 13.8 Å². The number of unbranched alkanes of at least 4 members (excludes halogenated alkanes) is 4. The summed E-state index contributed by atoms with van der Waals surface area (Å²) in [5.74, 6) is 0.709. The van der Waals surface area contributed by atoms with Crippen LogP contribution in [0.25, 0.3) is 0 Å². The molecule has 2 amide bonds. The van der Waals surface area contributed by atoms with Gasteiger partial charge in [-0.15, -0.1) is 0 Å². The van der Waals surface area contributed by atoms with Crippen LogP contribution in [0.2, 0.25) is 0 Å². The predicted octanol–water partition coefficient (Wildman–Crippen LogP) is 5.23. The lowest BCUT2D eigenvalue weighted by molar-refractivity contribution is -0.136. The topological polar surface area (TPSA) is 49.9 Å². The van der Waals surface area contributed by atoms with Crippen molar-refractivity contribution in [1.29, 1.82) is 0 Å². The Kier molecular flexibility index (Phi) is 10.8. The fraction of sp³-hybridized carbons (Fsp3) is 0.909. The van der Waals surface area contributed by atoms with Crippen LogP contribution in [-0.2, 0) is 9.53 Å². The zero-order valence-corrected chi connectivity index (χ0v) is 18.4. The second-order valence-corrected chi connectivity index (χ2v) is 8.95. The minimum Gasteiger partial charge on any atom is -0.444 e. The molecule has 0 aromatic carbocycles. The molecule has 0 radical (unpaired) electrons. The third-order valence-electron chi connectivity index (χ3n) is 5.13. The van der Waals surface area contributed by atoms with Crippen molar-refractivity contribution in [2.45, 2.75) is 98.0 Å². The van der Waals surface area contributed by atoms with E-state index < -0.39 is 5.60 Å². The summed E-state index contributed by atoms with van der Waals surface area (Å²) < 4.78 is 5.31. The van der Waals surface area contributed by atoms with E-state index in [1.54, 1.807) is 0 Å². The van der Waals surface area contributed by atoms with Gasteiger partial charge in [-0.05, 0) is 39.5 Å². The number of amides is 2. The molecule has 5 nitrogen and oxygen atoms in total. The van der Waals surface area contributed by atoms with Crippen LogP contribution < -0.4 is 0 Å². The quantitative estimate of drug-likeness (QED) is 0.591. The maximum atomic E-state index is 12.1. The Balaban J connectivity index is 0.000000445. The van der Waals surface area contributed by atoms with E-state index >= 15 is 0 Å². The highest BCUT2D eigenvalue weighted by Crippen LogP contribution is 2.26. The molecule has 2 fully saturated rings. The number of ether oxygens (including phenoxy) is 1. The van der Waals surface area contributed by atoms with E-state index in [-0.39, 0.29) is 18.5 Å². The number of hydrogen-bond acceptors (Lipinski definition) is 3. The Hall–Kier alpha value is -1.26. The van der Waals surface area contributed by atoms with E-state index in [9.17, 15) is 9.59 Å². The van der Waals surface area contributed by atoms with Gasteiger partial charge in [-0.1, -0.05) is 58.8 Å². The van der Waals surface area contributed by atoms with E-state index in [0.29, 0.717) is 19.0 Å². The van der Waals surface area contributed by atoms with Gasteiger partial charge in [0.1, 0.15) is 12.1 Å². The van der Waals surface area contributed by atoms with Crippen molar-refractivity contribution in [2.24, 2.45) is 5.92 Å². The summed E-state index contributed by atoms with van der Waals surface area (Å²) in [7, 11) is 0. The second kappa shape index (κ2) is 12.2. The second-order valence-electron chi connectivity index (χ2n) is 8.95. The maximum absolute atomic E-state index is 12.1. The smallest absolute Gasteiger partial charge is 0.410 e. The monoisotopic (exact) mass is 382 g/mol. The lowest BCUT2D eigenvalue weighted by Gasteiger charge is -2.36. The molecular formula is C22H42N2O3. The molecule has 0 N–H and O–H groups in total. The van der Waals surface area contributed by atoms with Crippen LogP contribution in [0.3, 0.4) is 0 Å². The van der Waals surface area contributed by atoms with Crippen molar-refractivity contribution < 1.29 is 14.3 Å². The molecule has 2 rings (SSSR count). The number of hydrogen-bond donors (Lipinski definition) is 0. The number of rotatable bonds is 6. The van der Waals surface area contributed by atoms with Gasteiger partial charge in [0.15, 0.2) is 0 Å². The summed E-state index contributed by atoms with van der Waals surface area (Å²) in [5, 5.41) is 0. The number of carbonyl (C=O) groups excluding carboxylic acids is 2. The highest BCUT2D eigenvalue weighted by molar-refractivity contribution is 5.83. The minimum atomic E-state index is -0.513. The van der Waals surface area contributed by atoms with E-state index in [1.807, 2.05) is 25.7 Å². The summed E-state index contributed by atoms with van der Waals surface area (Å²) in [6.07, 6.45) is 11.7. The first-order valence-electron chi connectivity index (χ1n) is 11.0. The molecule has 158 valence electrons. The summed E-state index contributed by atoms with van der Waals surface area (Å²) in [6.45, 7) is 12.2. The molecule has 1 aliphatic heterocycles. The minimum absolute atomic E-state index is 0.0500. The molecule has 1 saturated heterocycles. The Morgan fingerprint density at radius 2 is 1.63 bits per heavy atom. The molecule has 0 aromatic rings. The lowest BCUT2D eigenvalue weighted by Crippen LogP contribution is -2.54. The van der Waals surface area contributed by atoms with E-state index in [1.165, 1.54) is 62.7 Å². The summed E-state index contributed by atoms with van der Waals surface area (Å²) in [6, 6.07) is 0. The molecule has 0 atom stereocenters. The molecule has 2 aliphatic rings. The summed E-state index contributed by atoms with van der Waals surface area (Å²) >= 11 is 0. The molecular weight excluding hydrogens is 340 g/mol. The predicted molar refractivity (Wildman–Crippen MR) is 111 cm³/mol. The zero-order chi connectivity index (χ0) is 20.3. The van der Waals surface area contributed by atoms with Gasteiger partial charge in [-0.25, -0.2) is 4.79 Å². The molecule has 5 heteroatoms. The molecule has 0 unspecified atom stereocenters. The van der Waals surface area contributed by atoms with E-state index in [4.69, 9.17) is 4.74 Å². The first-order valence-corrected chi connectivity index (χ1v) is 11.0. The van der Waals surface area contributed by atoms with Crippen molar-refractivity contribution in [1.82, 2.24) is 9.80 Å². The van der Waals surface area contributed by atoms with Gasteiger partial charge >= 0.3 is 6.09 Å². The maximum Gasteiger partial charge on any atom is 0.410 e. The summed E-state index contributed by atoms with van der Waals surface area (Å²) in [5.41, 5.74) is -0.513. The van der Waals surface area contributed by atoms with Gasteiger partial charge in [0.25, 0.3) is 0 Å². The molecule has 0 spiro atoms. The van der Waals surface area contributed by atoms with Gasteiger partial charge in [0, 0.05) is 19.6 Å². The lowest BCUT2D eigenvalue weighted by atomic mass is 10.1. The van der Waals surface area contributed by atoms with Crippen molar-refractivity contribution >= 4 is 12.0 Å². The van der Waals surface area contributed by atoms with Crippen LogP contribution in [0, 0.1) is 5.92 Å². The van der Waals surface area contributed by atoms with Crippen molar-refractivity contribution in [3.63, 3.8) is 0 Å². The Bertz CT molecular complexity index is 435. The SMILES string of the molecule is CC(C)(C)OC(=O)N1CCN(CC2CCCC2)C(=O)C1.CCCCCCC. The first kappa shape index (κ1) is 23.8. The van der Waals surface area contributed by atoms with Crippen molar-refractivity contribution in [2.75, 3.05) is 26.2 Å². The third-order valence-corrected chi connectivity index (χ3v) is 5.13. The standard InChI is InChI=1S/C15H26N2O3.C7H16/c1-15(2,3)20-14(19)17-9-8-16(13(18)11-17)10-12-6-4-5-7-12;1-3-5-7-6-4-2/h12H,4-11H2,1-3H3;3-7H2,1-2H3. The molecule has 1 aliphatic carbocycles. The van der Waals surface area contributed by atoms with Gasteiger partial charge in [0.2, 0.25) is 5.91 Å². The highest BCUT2D eigenvalue weighted by Gasteiger charge is 2.31. The number of carbonyl (C=O) groups is 2. The molecule has 1 heterocycles. The number of nitrogens with zero attached hydrogens (tertiary/aromatic N) is 2. The van der Waals surface area contributed by atoms with Gasteiger partial charge in [-0.3, -0.25) is 9.69 Å². The van der Waals surface area contributed by atoms with Crippen LogP contribution in [0.1, 0.15) is 92.4 Å². The zero-order valence-electron chi connectivity index (χ0n) is 18.4. The normalized spacial score (nSPS) is 18.3. The van der Waals surface area contributed by atoms with Crippen molar-refractivity contribution in [3.8, 4) is 0 Å². The van der Waals surface area contributed by atoms with E-state index in [0.717, 1.165) is 6.54 Å². The van der Waals surface area contributed by atoms with Crippen LogP contribution in [0.15, 0.2) is 0 Å². The Labute approximate surface area is 166 Å². The van der Waals surface area contributed by atoms with Gasteiger partial charge in [0.05, 0.1) is 0 Å². The first-order chi connectivity index (χ1) is 12.8. The van der Waals surface area contributed by atoms with Gasteiger partial charge in [-0.2, -0.15) is 0 Å². The van der Waals surface area contributed by atoms with Crippen LogP contribution in [0.4, 0.5) is 4.79 Å². The number of piperazine rings is 1. The fourth-order valence-electron chi connectivity index (χ4n) is 3.57. The average molecular weight is 383 g/mol. The third kappa shape index (κ3) is 10.0. The summed E-state index contributed by atoms with van der Waals surface area (Å²) in [4.78, 5) is 27.5. The molecule has 0 aromatic heterocycles.